The Morgan fingerprint density at radius 1 is 1.28 bits per heavy atom. The summed E-state index contributed by atoms with van der Waals surface area (Å²) in [5.41, 5.74) is 1.39. The topological polar surface area (TPSA) is 66.9 Å². The van der Waals surface area contributed by atoms with Crippen LogP contribution in [0, 0.1) is 0 Å². The van der Waals surface area contributed by atoms with Crippen LogP contribution in [0.4, 0.5) is 14.5 Å². The minimum atomic E-state index is -3.45. The molecule has 0 N–H and O–H groups in total. The van der Waals surface area contributed by atoms with Crippen LogP contribution in [0.2, 0.25) is 0 Å². The average Bonchev–Trinajstić information content (AvgIpc) is 3.02. The predicted molar refractivity (Wildman–Crippen MR) is 88.3 cm³/mol. The fraction of sp³-hybridized carbons (Fsp3) is 0.562. The molecular weight excluding hydrogens is 354 g/mol. The number of amides is 1. The first-order valence-electron chi connectivity index (χ1n) is 8.13. The SMILES string of the molecule is CS(=O)(=O)N1CCC[C@H]1C(=O)N1CCCc2cc(OC(F)F)ccc21. The van der Waals surface area contributed by atoms with Crippen molar-refractivity contribution >= 4 is 21.6 Å². The molecule has 138 valence electrons. The molecule has 1 aromatic rings. The van der Waals surface area contributed by atoms with E-state index >= 15 is 0 Å². The van der Waals surface area contributed by atoms with E-state index in [0.29, 0.717) is 44.5 Å². The second-order valence-corrected chi connectivity index (χ2v) is 8.23. The highest BCUT2D eigenvalue weighted by molar-refractivity contribution is 7.88. The van der Waals surface area contributed by atoms with E-state index in [-0.39, 0.29) is 11.7 Å². The molecule has 2 aliphatic heterocycles. The van der Waals surface area contributed by atoms with E-state index in [9.17, 15) is 22.0 Å². The van der Waals surface area contributed by atoms with Gasteiger partial charge in [-0.3, -0.25) is 4.79 Å². The highest BCUT2D eigenvalue weighted by Gasteiger charge is 2.39. The van der Waals surface area contributed by atoms with Crippen LogP contribution < -0.4 is 9.64 Å². The van der Waals surface area contributed by atoms with E-state index in [1.165, 1.54) is 16.4 Å². The molecule has 3 rings (SSSR count). The number of anilines is 1. The van der Waals surface area contributed by atoms with Crippen LogP contribution in [0.15, 0.2) is 18.2 Å². The van der Waals surface area contributed by atoms with Gasteiger partial charge < -0.3 is 9.64 Å². The number of benzene rings is 1. The minimum absolute atomic E-state index is 0.0571. The molecule has 25 heavy (non-hydrogen) atoms. The number of hydrogen-bond donors (Lipinski definition) is 0. The minimum Gasteiger partial charge on any atom is -0.435 e. The molecule has 0 saturated carbocycles. The van der Waals surface area contributed by atoms with E-state index < -0.39 is 22.7 Å². The van der Waals surface area contributed by atoms with Crippen LogP contribution in [0.5, 0.6) is 5.75 Å². The first-order valence-corrected chi connectivity index (χ1v) is 9.98. The monoisotopic (exact) mass is 374 g/mol. The summed E-state index contributed by atoms with van der Waals surface area (Å²) in [7, 11) is -3.45. The summed E-state index contributed by atoms with van der Waals surface area (Å²) in [6.45, 7) is -2.08. The molecule has 0 spiro atoms. The van der Waals surface area contributed by atoms with Gasteiger partial charge in [-0.05, 0) is 49.4 Å². The molecule has 1 fully saturated rings. The lowest BCUT2D eigenvalue weighted by molar-refractivity contribution is -0.121. The van der Waals surface area contributed by atoms with Gasteiger partial charge in [0, 0.05) is 18.8 Å². The number of ether oxygens (including phenoxy) is 1. The summed E-state index contributed by atoms with van der Waals surface area (Å²) in [5, 5.41) is 0. The number of carbonyl (C=O) groups excluding carboxylic acids is 1. The fourth-order valence-electron chi connectivity index (χ4n) is 3.54. The lowest BCUT2D eigenvalue weighted by atomic mass is 10.00. The quantitative estimate of drug-likeness (QED) is 0.808. The molecule has 0 aliphatic carbocycles. The molecule has 0 bridgehead atoms. The highest BCUT2D eigenvalue weighted by Crippen LogP contribution is 2.33. The largest absolute Gasteiger partial charge is 0.435 e. The highest BCUT2D eigenvalue weighted by atomic mass is 32.2. The molecular formula is C16H20F2N2O4S. The lowest BCUT2D eigenvalue weighted by Crippen LogP contribution is -2.49. The van der Waals surface area contributed by atoms with Gasteiger partial charge in [0.05, 0.1) is 6.26 Å². The van der Waals surface area contributed by atoms with Crippen LogP contribution in [0.1, 0.15) is 24.8 Å². The van der Waals surface area contributed by atoms with Crippen molar-refractivity contribution in [2.75, 3.05) is 24.2 Å². The number of nitrogens with zero attached hydrogens (tertiary/aromatic N) is 2. The Bertz CT molecular complexity index is 769. The molecule has 1 saturated heterocycles. The molecule has 0 aromatic heterocycles. The number of hydrogen-bond acceptors (Lipinski definition) is 4. The van der Waals surface area contributed by atoms with Crippen molar-refractivity contribution in [2.45, 2.75) is 38.3 Å². The van der Waals surface area contributed by atoms with Crippen LogP contribution in [0.3, 0.4) is 0 Å². The number of rotatable bonds is 4. The van der Waals surface area contributed by atoms with E-state index in [2.05, 4.69) is 4.74 Å². The molecule has 9 heteroatoms. The third kappa shape index (κ3) is 3.77. The maximum absolute atomic E-state index is 13.0. The summed E-state index contributed by atoms with van der Waals surface area (Å²) in [6.07, 6.45) is 3.58. The van der Waals surface area contributed by atoms with Gasteiger partial charge in [0.2, 0.25) is 15.9 Å². The van der Waals surface area contributed by atoms with Crippen LogP contribution >= 0.6 is 0 Å². The predicted octanol–water partition coefficient (Wildman–Crippen LogP) is 1.99. The molecule has 6 nitrogen and oxygen atoms in total. The second-order valence-electron chi connectivity index (χ2n) is 6.29. The molecule has 1 amide bonds. The Morgan fingerprint density at radius 2 is 2.04 bits per heavy atom. The summed E-state index contributed by atoms with van der Waals surface area (Å²) in [5.74, 6) is -0.201. The van der Waals surface area contributed by atoms with Crippen molar-refractivity contribution < 1.29 is 26.7 Å². The van der Waals surface area contributed by atoms with E-state index in [0.717, 1.165) is 11.8 Å². The molecule has 2 aliphatic rings. The third-order valence-corrected chi connectivity index (χ3v) is 5.86. The van der Waals surface area contributed by atoms with Crippen LogP contribution in [-0.2, 0) is 21.2 Å². The second kappa shape index (κ2) is 6.87. The van der Waals surface area contributed by atoms with Gasteiger partial charge in [-0.25, -0.2) is 8.42 Å². The first kappa shape index (κ1) is 18.1. The van der Waals surface area contributed by atoms with Gasteiger partial charge >= 0.3 is 6.61 Å². The number of fused-ring (bicyclic) bond motifs is 1. The van der Waals surface area contributed by atoms with Gasteiger partial charge in [0.25, 0.3) is 0 Å². The van der Waals surface area contributed by atoms with Crippen molar-refractivity contribution in [3.8, 4) is 5.75 Å². The number of carbonyl (C=O) groups is 1. The molecule has 1 atom stereocenters. The summed E-state index contributed by atoms with van der Waals surface area (Å²) in [4.78, 5) is 14.5. The first-order chi connectivity index (χ1) is 11.8. The number of halogens is 2. The number of aryl methyl sites for hydroxylation is 1. The van der Waals surface area contributed by atoms with Gasteiger partial charge in [0.15, 0.2) is 0 Å². The maximum Gasteiger partial charge on any atom is 0.387 e. The summed E-state index contributed by atoms with van der Waals surface area (Å²) in [6, 6.07) is 3.81. The van der Waals surface area contributed by atoms with Crippen molar-refractivity contribution in [3.05, 3.63) is 23.8 Å². The summed E-state index contributed by atoms with van der Waals surface area (Å²) < 4.78 is 54.2. The Hall–Kier alpha value is -1.74. The molecule has 1 aromatic carbocycles. The molecule has 2 heterocycles. The van der Waals surface area contributed by atoms with Crippen molar-refractivity contribution in [3.63, 3.8) is 0 Å². The average molecular weight is 374 g/mol. The van der Waals surface area contributed by atoms with Gasteiger partial charge in [0.1, 0.15) is 11.8 Å². The van der Waals surface area contributed by atoms with Crippen LogP contribution in [-0.4, -0.2) is 50.6 Å². The zero-order valence-electron chi connectivity index (χ0n) is 13.8. The van der Waals surface area contributed by atoms with Crippen molar-refractivity contribution in [1.29, 1.82) is 0 Å². The van der Waals surface area contributed by atoms with E-state index in [1.807, 2.05) is 0 Å². The zero-order chi connectivity index (χ0) is 18.2. The Morgan fingerprint density at radius 3 is 2.72 bits per heavy atom. The normalized spacial score (nSPS) is 21.4. The lowest BCUT2D eigenvalue weighted by Gasteiger charge is -2.33. The number of alkyl halides is 2. The van der Waals surface area contributed by atoms with E-state index in [4.69, 9.17) is 0 Å². The van der Waals surface area contributed by atoms with Crippen molar-refractivity contribution in [1.82, 2.24) is 4.31 Å². The van der Waals surface area contributed by atoms with Crippen LogP contribution in [0.25, 0.3) is 0 Å². The standard InChI is InChI=1S/C16H20F2N2O4S/c1-25(22,23)20-9-3-5-14(20)15(21)19-8-2-4-11-10-12(24-16(17)18)6-7-13(11)19/h6-7,10,14,16H,2-5,8-9H2,1H3/t14-/m0/s1. The zero-order valence-corrected chi connectivity index (χ0v) is 14.6. The Balaban J connectivity index is 1.86. The Kier molecular flexibility index (Phi) is 4.97. The van der Waals surface area contributed by atoms with Gasteiger partial charge in [-0.1, -0.05) is 0 Å². The Labute approximate surface area is 145 Å². The third-order valence-electron chi connectivity index (χ3n) is 4.58. The summed E-state index contributed by atoms with van der Waals surface area (Å²) >= 11 is 0. The number of sulfonamides is 1. The molecule has 0 radical (unpaired) electrons. The molecule has 0 unspecified atom stereocenters. The van der Waals surface area contributed by atoms with Gasteiger partial charge in [-0.15, -0.1) is 0 Å². The smallest absolute Gasteiger partial charge is 0.387 e. The van der Waals surface area contributed by atoms with Crippen molar-refractivity contribution in [2.24, 2.45) is 0 Å². The van der Waals surface area contributed by atoms with Gasteiger partial charge in [-0.2, -0.15) is 13.1 Å². The maximum atomic E-state index is 13.0. The fourth-order valence-corrected chi connectivity index (χ4v) is 4.66. The van der Waals surface area contributed by atoms with E-state index in [1.54, 1.807) is 11.0 Å².